The van der Waals surface area contributed by atoms with Crippen LogP contribution < -0.4 is 9.47 Å². The Balaban J connectivity index is 1.16. The number of ether oxygens (including phenoxy) is 6. The third-order valence-corrected chi connectivity index (χ3v) is 10.7. The first kappa shape index (κ1) is 35.8. The molecule has 0 unspecified atom stereocenters. The lowest BCUT2D eigenvalue weighted by atomic mass is 9.88. The molecule has 0 aliphatic carbocycles. The zero-order valence-electron chi connectivity index (χ0n) is 29.6. The van der Waals surface area contributed by atoms with Crippen molar-refractivity contribution < 1.29 is 32.8 Å². The van der Waals surface area contributed by atoms with Gasteiger partial charge >= 0.3 is 0 Å². The minimum atomic E-state index is -1.54. The zero-order chi connectivity index (χ0) is 36.0. The molecule has 8 rings (SSSR count). The number of fused-ring (bicyclic) bond motifs is 2. The average Bonchev–Trinajstić information content (AvgIpc) is 3.70. The van der Waals surface area contributed by atoms with Crippen molar-refractivity contribution in [3.8, 4) is 11.5 Å². The van der Waals surface area contributed by atoms with Gasteiger partial charge in [-0.25, -0.2) is 4.39 Å². The van der Waals surface area contributed by atoms with Gasteiger partial charge in [0.25, 0.3) is 0 Å². The van der Waals surface area contributed by atoms with Crippen LogP contribution in [0.2, 0.25) is 5.02 Å². The maximum absolute atomic E-state index is 17.0. The number of hydrogen-bond acceptors (Lipinski definition) is 6. The van der Waals surface area contributed by atoms with E-state index in [1.165, 1.54) is 5.56 Å². The summed E-state index contributed by atoms with van der Waals surface area (Å²) in [4.78, 5) is 0. The molecule has 0 amide bonds. The topological polar surface area (TPSA) is 55.4 Å². The Labute approximate surface area is 315 Å². The van der Waals surface area contributed by atoms with Crippen LogP contribution >= 0.6 is 11.6 Å². The SMILES string of the molecule is F[C@H]1[C@H](OCc2ccccc2)[C@@H](OCc2ccccc2)[C@H](c2cc(Cc3ccc4c(c3)CCCO4)c(Cl)c3c2OCC3)O[C@@H]1COCc1ccccc1. The minimum absolute atomic E-state index is 0.0316. The molecule has 0 aromatic heterocycles. The van der Waals surface area contributed by atoms with Crippen LogP contribution in [-0.2, 0) is 58.0 Å². The first-order valence-corrected chi connectivity index (χ1v) is 18.9. The summed E-state index contributed by atoms with van der Waals surface area (Å²) in [6, 6.07) is 38.0. The van der Waals surface area contributed by atoms with Gasteiger partial charge in [0.15, 0.2) is 6.17 Å². The van der Waals surface area contributed by atoms with Crippen molar-refractivity contribution in [3.63, 3.8) is 0 Å². The van der Waals surface area contributed by atoms with Gasteiger partial charge < -0.3 is 28.4 Å². The molecule has 3 heterocycles. The summed E-state index contributed by atoms with van der Waals surface area (Å²) < 4.78 is 55.4. The van der Waals surface area contributed by atoms with E-state index in [9.17, 15) is 0 Å². The quantitative estimate of drug-likeness (QED) is 0.120. The molecule has 0 saturated carbocycles. The molecule has 8 heteroatoms. The van der Waals surface area contributed by atoms with Crippen molar-refractivity contribution in [1.82, 2.24) is 0 Å². The molecule has 5 atom stereocenters. The van der Waals surface area contributed by atoms with Crippen LogP contribution in [0.4, 0.5) is 4.39 Å². The molecule has 53 heavy (non-hydrogen) atoms. The molecule has 5 aromatic rings. The molecule has 3 aliphatic rings. The number of benzene rings is 5. The number of alkyl halides is 1. The van der Waals surface area contributed by atoms with Crippen LogP contribution in [0.1, 0.15) is 57.0 Å². The Morgan fingerprint density at radius 2 is 1.34 bits per heavy atom. The summed E-state index contributed by atoms with van der Waals surface area (Å²) in [5, 5.41) is 0.691. The fraction of sp³-hybridized carbons (Fsp3) is 0.333. The molecular formula is C45H44ClFO6. The van der Waals surface area contributed by atoms with Gasteiger partial charge in [0.05, 0.1) is 44.7 Å². The van der Waals surface area contributed by atoms with Crippen molar-refractivity contribution in [2.75, 3.05) is 19.8 Å². The second-order valence-corrected chi connectivity index (χ2v) is 14.4. The van der Waals surface area contributed by atoms with Crippen LogP contribution in [0, 0.1) is 0 Å². The fourth-order valence-corrected chi connectivity index (χ4v) is 7.88. The van der Waals surface area contributed by atoms with Gasteiger partial charge in [0.2, 0.25) is 0 Å². The van der Waals surface area contributed by atoms with Crippen molar-refractivity contribution in [3.05, 3.63) is 165 Å². The van der Waals surface area contributed by atoms with Gasteiger partial charge in [-0.3, -0.25) is 0 Å². The van der Waals surface area contributed by atoms with Crippen LogP contribution in [-0.4, -0.2) is 44.3 Å². The Bertz CT molecular complexity index is 1960. The normalized spacial score (nSPS) is 22.0. The number of halogens is 2. The number of hydrogen-bond donors (Lipinski definition) is 0. The molecule has 0 bridgehead atoms. The summed E-state index contributed by atoms with van der Waals surface area (Å²) in [6.45, 7) is 2.06. The molecule has 0 radical (unpaired) electrons. The Morgan fingerprint density at radius 3 is 2.04 bits per heavy atom. The second kappa shape index (κ2) is 16.8. The zero-order valence-corrected chi connectivity index (χ0v) is 30.4. The van der Waals surface area contributed by atoms with E-state index in [4.69, 9.17) is 40.0 Å². The standard InChI is InChI=1S/C45H44ClFO6/c46-40-35(24-33-18-19-38-34(23-33)17-10-21-49-38)25-37(42-36(40)20-22-50-42)43-45(52-28-32-15-8-3-9-16-32)44(51-27-31-13-6-2-7-14-31)41(47)39(53-43)29-48-26-30-11-4-1-5-12-30/h1-9,11-16,18-19,23,25,39,41,43-45H,10,17,20-22,24,26-29H2/t39-,41-,43+,44+,45+/m1/s1. The fourth-order valence-electron chi connectivity index (χ4n) is 7.57. The van der Waals surface area contributed by atoms with Gasteiger partial charge in [-0.05, 0) is 64.8 Å². The van der Waals surface area contributed by atoms with Gasteiger partial charge in [-0.2, -0.15) is 0 Å². The highest BCUT2D eigenvalue weighted by atomic mass is 35.5. The summed E-state index contributed by atoms with van der Waals surface area (Å²) in [7, 11) is 0. The van der Waals surface area contributed by atoms with E-state index in [2.05, 4.69) is 24.3 Å². The minimum Gasteiger partial charge on any atom is -0.493 e. The van der Waals surface area contributed by atoms with E-state index in [-0.39, 0.29) is 19.8 Å². The maximum atomic E-state index is 17.0. The molecule has 274 valence electrons. The third-order valence-electron chi connectivity index (χ3n) is 10.3. The second-order valence-electron chi connectivity index (χ2n) is 14.0. The molecule has 5 aromatic carbocycles. The van der Waals surface area contributed by atoms with E-state index in [1.54, 1.807) is 0 Å². The third kappa shape index (κ3) is 8.30. The van der Waals surface area contributed by atoms with Crippen molar-refractivity contribution in [2.24, 2.45) is 0 Å². The largest absolute Gasteiger partial charge is 0.493 e. The monoisotopic (exact) mass is 734 g/mol. The summed E-state index contributed by atoms with van der Waals surface area (Å²) in [6.07, 6.45) is -1.74. The lowest BCUT2D eigenvalue weighted by molar-refractivity contribution is -0.248. The molecule has 3 aliphatic heterocycles. The van der Waals surface area contributed by atoms with Crippen molar-refractivity contribution in [1.29, 1.82) is 0 Å². The average molecular weight is 735 g/mol. The smallest absolute Gasteiger partial charge is 0.157 e. The summed E-state index contributed by atoms with van der Waals surface area (Å²) in [5.74, 6) is 1.63. The Hall–Kier alpha value is -4.24. The highest BCUT2D eigenvalue weighted by molar-refractivity contribution is 6.32. The Kier molecular flexibility index (Phi) is 11.4. The van der Waals surface area contributed by atoms with E-state index in [0.29, 0.717) is 36.8 Å². The molecule has 0 spiro atoms. The van der Waals surface area contributed by atoms with Crippen molar-refractivity contribution >= 4 is 11.6 Å². The lowest BCUT2D eigenvalue weighted by Crippen LogP contribution is -2.55. The van der Waals surface area contributed by atoms with Gasteiger partial charge in [-0.15, -0.1) is 0 Å². The van der Waals surface area contributed by atoms with Crippen LogP contribution in [0.5, 0.6) is 11.5 Å². The van der Waals surface area contributed by atoms with Crippen LogP contribution in [0.15, 0.2) is 115 Å². The maximum Gasteiger partial charge on any atom is 0.157 e. The van der Waals surface area contributed by atoms with E-state index in [1.807, 2.05) is 91.0 Å². The predicted octanol–water partition coefficient (Wildman–Crippen LogP) is 9.36. The number of rotatable bonds is 13. The number of aryl methyl sites for hydroxylation is 1. The van der Waals surface area contributed by atoms with Gasteiger partial charge in [0.1, 0.15) is 35.9 Å². The van der Waals surface area contributed by atoms with Gasteiger partial charge in [0, 0.05) is 17.5 Å². The molecular weight excluding hydrogens is 691 g/mol. The highest BCUT2D eigenvalue weighted by Crippen LogP contribution is 2.47. The van der Waals surface area contributed by atoms with Crippen LogP contribution in [0.25, 0.3) is 0 Å². The first-order valence-electron chi connectivity index (χ1n) is 18.5. The van der Waals surface area contributed by atoms with Crippen molar-refractivity contribution in [2.45, 2.75) is 76.1 Å². The molecule has 6 nitrogen and oxygen atoms in total. The first-order chi connectivity index (χ1) is 26.1. The van der Waals surface area contributed by atoms with E-state index < -0.39 is 30.6 Å². The van der Waals surface area contributed by atoms with E-state index in [0.717, 1.165) is 64.1 Å². The molecule has 1 saturated heterocycles. The van der Waals surface area contributed by atoms with E-state index >= 15 is 4.39 Å². The van der Waals surface area contributed by atoms with Crippen LogP contribution in [0.3, 0.4) is 0 Å². The molecule has 0 N–H and O–H groups in total. The molecule has 1 fully saturated rings. The highest BCUT2D eigenvalue weighted by Gasteiger charge is 2.50. The lowest BCUT2D eigenvalue weighted by Gasteiger charge is -2.44. The Morgan fingerprint density at radius 1 is 0.679 bits per heavy atom. The summed E-state index contributed by atoms with van der Waals surface area (Å²) in [5.41, 5.74) is 7.93. The van der Waals surface area contributed by atoms with Gasteiger partial charge in [-0.1, -0.05) is 115 Å². The predicted molar refractivity (Wildman–Crippen MR) is 202 cm³/mol. The summed E-state index contributed by atoms with van der Waals surface area (Å²) >= 11 is 7.18.